The summed E-state index contributed by atoms with van der Waals surface area (Å²) in [6.45, 7) is 5.50. The fourth-order valence-corrected chi connectivity index (χ4v) is 4.51. The molecule has 0 radical (unpaired) electrons. The topological polar surface area (TPSA) is 83.8 Å². The summed E-state index contributed by atoms with van der Waals surface area (Å²) in [6.07, 6.45) is 5.08. The summed E-state index contributed by atoms with van der Waals surface area (Å²) >= 11 is 0. The molecule has 0 bridgehead atoms. The highest BCUT2D eigenvalue weighted by Gasteiger charge is 2.32. The Bertz CT molecular complexity index is 1050. The number of pyridine rings is 1. The van der Waals surface area contributed by atoms with Gasteiger partial charge in [-0.2, -0.15) is 0 Å². The van der Waals surface area contributed by atoms with Crippen LogP contribution in [0, 0.1) is 5.82 Å². The number of carbonyl (C=O) groups is 1. The van der Waals surface area contributed by atoms with Crippen molar-refractivity contribution in [2.45, 2.75) is 57.7 Å². The number of benzene rings is 1. The summed E-state index contributed by atoms with van der Waals surface area (Å²) < 4.78 is 22.8. The SMILES string of the molecule is COc1c(N2CCCC(NC(C)C)C2)c(F)cc2c(=O)c(C(=O)O)cn(C3CC3)c12. The summed E-state index contributed by atoms with van der Waals surface area (Å²) in [7, 11) is 1.47. The number of aromatic carboxylic acids is 1. The van der Waals surface area contributed by atoms with E-state index < -0.39 is 17.2 Å². The zero-order valence-corrected chi connectivity index (χ0v) is 17.6. The number of ether oxygens (including phenoxy) is 1. The Morgan fingerprint density at radius 3 is 2.67 bits per heavy atom. The van der Waals surface area contributed by atoms with E-state index in [1.165, 1.54) is 19.4 Å². The van der Waals surface area contributed by atoms with E-state index in [1.54, 1.807) is 4.57 Å². The highest BCUT2D eigenvalue weighted by atomic mass is 19.1. The number of nitrogens with one attached hydrogen (secondary N) is 1. The van der Waals surface area contributed by atoms with Crippen molar-refractivity contribution in [1.82, 2.24) is 9.88 Å². The molecule has 1 aromatic heterocycles. The fourth-order valence-electron chi connectivity index (χ4n) is 4.51. The van der Waals surface area contributed by atoms with E-state index in [2.05, 4.69) is 19.2 Å². The molecule has 30 heavy (non-hydrogen) atoms. The molecule has 1 aliphatic heterocycles. The number of fused-ring (bicyclic) bond motifs is 1. The minimum Gasteiger partial charge on any atom is -0.492 e. The van der Waals surface area contributed by atoms with E-state index in [1.807, 2.05) is 4.90 Å². The quantitative estimate of drug-likeness (QED) is 0.751. The van der Waals surface area contributed by atoms with E-state index in [0.717, 1.165) is 25.7 Å². The lowest BCUT2D eigenvalue weighted by atomic mass is 10.0. The van der Waals surface area contributed by atoms with E-state index in [0.29, 0.717) is 36.1 Å². The molecule has 2 heterocycles. The second-order valence-electron chi connectivity index (χ2n) is 8.56. The van der Waals surface area contributed by atoms with Crippen LogP contribution in [0.5, 0.6) is 5.75 Å². The molecule has 1 atom stereocenters. The minimum atomic E-state index is -1.31. The van der Waals surface area contributed by atoms with E-state index in [4.69, 9.17) is 4.74 Å². The second kappa shape index (κ2) is 7.91. The van der Waals surface area contributed by atoms with Gasteiger partial charge in [0.2, 0.25) is 5.43 Å². The molecule has 1 unspecified atom stereocenters. The number of nitrogens with zero attached hydrogens (tertiary/aromatic N) is 2. The predicted octanol–water partition coefficient (Wildman–Crippen LogP) is 3.15. The van der Waals surface area contributed by atoms with Gasteiger partial charge in [0, 0.05) is 37.4 Å². The van der Waals surface area contributed by atoms with Crippen LogP contribution in [0.2, 0.25) is 0 Å². The fraction of sp³-hybridized carbons (Fsp3) is 0.545. The number of aromatic nitrogens is 1. The lowest BCUT2D eigenvalue weighted by Gasteiger charge is -2.36. The van der Waals surface area contributed by atoms with Crippen LogP contribution < -0.4 is 20.4 Å². The number of carboxylic acid groups (broad SMARTS) is 1. The summed E-state index contributed by atoms with van der Waals surface area (Å²) in [6, 6.07) is 1.84. The molecule has 2 aromatic rings. The summed E-state index contributed by atoms with van der Waals surface area (Å²) in [4.78, 5) is 26.4. The van der Waals surface area contributed by atoms with Crippen molar-refractivity contribution in [2.75, 3.05) is 25.1 Å². The molecule has 2 N–H and O–H groups in total. The van der Waals surface area contributed by atoms with Crippen LogP contribution in [0.25, 0.3) is 10.9 Å². The molecule has 1 aromatic carbocycles. The molecule has 2 fully saturated rings. The van der Waals surface area contributed by atoms with Gasteiger partial charge in [-0.05, 0) is 31.7 Å². The number of rotatable bonds is 6. The van der Waals surface area contributed by atoms with Gasteiger partial charge >= 0.3 is 5.97 Å². The number of hydrogen-bond donors (Lipinski definition) is 2. The molecule has 1 saturated carbocycles. The zero-order chi connectivity index (χ0) is 21.6. The Labute approximate surface area is 174 Å². The van der Waals surface area contributed by atoms with Crippen LogP contribution in [0.1, 0.15) is 55.9 Å². The molecular formula is C22H28FN3O4. The Morgan fingerprint density at radius 2 is 2.07 bits per heavy atom. The molecular weight excluding hydrogens is 389 g/mol. The van der Waals surface area contributed by atoms with E-state index >= 15 is 4.39 Å². The van der Waals surface area contributed by atoms with Gasteiger partial charge in [0.15, 0.2) is 11.6 Å². The first kappa shape index (κ1) is 20.7. The monoisotopic (exact) mass is 417 g/mol. The first-order chi connectivity index (χ1) is 14.3. The van der Waals surface area contributed by atoms with Crippen molar-refractivity contribution in [3.63, 3.8) is 0 Å². The minimum absolute atomic E-state index is 0.0498. The molecule has 8 heteroatoms. The number of carboxylic acids is 1. The molecule has 1 saturated heterocycles. The van der Waals surface area contributed by atoms with Gasteiger partial charge in [0.05, 0.1) is 18.0 Å². The molecule has 0 spiro atoms. The van der Waals surface area contributed by atoms with Gasteiger partial charge in [-0.1, -0.05) is 13.8 Å². The summed E-state index contributed by atoms with van der Waals surface area (Å²) in [5.41, 5.74) is -0.207. The first-order valence-electron chi connectivity index (χ1n) is 10.5. The molecule has 2 aliphatic rings. The van der Waals surface area contributed by atoms with Crippen LogP contribution in [0.15, 0.2) is 17.1 Å². The number of halogens is 1. The van der Waals surface area contributed by atoms with Crippen molar-refractivity contribution in [3.8, 4) is 5.75 Å². The number of hydrogen-bond acceptors (Lipinski definition) is 5. The van der Waals surface area contributed by atoms with Crippen LogP contribution in [-0.2, 0) is 0 Å². The van der Waals surface area contributed by atoms with Crippen LogP contribution in [-0.4, -0.2) is 47.9 Å². The van der Waals surface area contributed by atoms with Crippen molar-refractivity contribution in [3.05, 3.63) is 33.9 Å². The van der Waals surface area contributed by atoms with Crippen molar-refractivity contribution < 1.29 is 19.0 Å². The normalized spacial score (nSPS) is 19.5. The van der Waals surface area contributed by atoms with Gasteiger partial charge in [0.1, 0.15) is 11.3 Å². The van der Waals surface area contributed by atoms with Crippen molar-refractivity contribution in [2.24, 2.45) is 0 Å². The molecule has 1 aliphatic carbocycles. The maximum absolute atomic E-state index is 15.4. The second-order valence-corrected chi connectivity index (χ2v) is 8.56. The van der Waals surface area contributed by atoms with Crippen molar-refractivity contribution in [1.29, 1.82) is 0 Å². The van der Waals surface area contributed by atoms with Crippen LogP contribution >= 0.6 is 0 Å². The molecule has 0 amide bonds. The highest BCUT2D eigenvalue weighted by molar-refractivity contribution is 5.97. The first-order valence-corrected chi connectivity index (χ1v) is 10.5. The standard InChI is InChI=1S/C22H28FN3O4/c1-12(2)24-13-5-4-8-25(10-13)19-17(23)9-15-18(21(19)30-3)26(14-6-7-14)11-16(20(15)27)22(28)29/h9,11-14,24H,4-8,10H2,1-3H3,(H,28,29). The highest BCUT2D eigenvalue weighted by Crippen LogP contribution is 2.44. The lowest BCUT2D eigenvalue weighted by Crippen LogP contribution is -2.48. The van der Waals surface area contributed by atoms with Crippen LogP contribution in [0.4, 0.5) is 10.1 Å². The van der Waals surface area contributed by atoms with Crippen molar-refractivity contribution >= 4 is 22.6 Å². The number of piperidine rings is 1. The van der Waals surface area contributed by atoms with E-state index in [-0.39, 0.29) is 23.0 Å². The average molecular weight is 417 g/mol. The maximum atomic E-state index is 15.4. The van der Waals surface area contributed by atoms with Gasteiger partial charge in [0.25, 0.3) is 0 Å². The Balaban J connectivity index is 1.90. The Hall–Kier alpha value is -2.61. The third-order valence-electron chi connectivity index (χ3n) is 5.88. The Kier molecular flexibility index (Phi) is 5.44. The lowest BCUT2D eigenvalue weighted by molar-refractivity contribution is 0.0695. The third kappa shape index (κ3) is 3.64. The van der Waals surface area contributed by atoms with Gasteiger partial charge < -0.3 is 24.6 Å². The number of methoxy groups -OCH3 is 1. The van der Waals surface area contributed by atoms with Crippen LogP contribution in [0.3, 0.4) is 0 Å². The predicted molar refractivity (Wildman–Crippen MR) is 113 cm³/mol. The third-order valence-corrected chi connectivity index (χ3v) is 5.88. The van der Waals surface area contributed by atoms with Gasteiger partial charge in [-0.25, -0.2) is 9.18 Å². The molecule has 7 nitrogen and oxygen atoms in total. The Morgan fingerprint density at radius 1 is 1.33 bits per heavy atom. The maximum Gasteiger partial charge on any atom is 0.341 e. The molecule has 4 rings (SSSR count). The van der Waals surface area contributed by atoms with E-state index in [9.17, 15) is 14.7 Å². The van der Waals surface area contributed by atoms with Gasteiger partial charge in [-0.3, -0.25) is 4.79 Å². The number of anilines is 1. The largest absolute Gasteiger partial charge is 0.492 e. The summed E-state index contributed by atoms with van der Waals surface area (Å²) in [5.74, 6) is -1.57. The summed E-state index contributed by atoms with van der Waals surface area (Å²) in [5, 5.41) is 13.0. The smallest absolute Gasteiger partial charge is 0.341 e. The average Bonchev–Trinajstić information content (AvgIpc) is 3.52. The van der Waals surface area contributed by atoms with Gasteiger partial charge in [-0.15, -0.1) is 0 Å². The molecule has 162 valence electrons. The zero-order valence-electron chi connectivity index (χ0n) is 17.6.